The molecule has 3 N–H and O–H groups in total. The minimum absolute atomic E-state index is 0.0282. The molecule has 1 aliphatic carbocycles. The van der Waals surface area contributed by atoms with E-state index in [1.807, 2.05) is 29.9 Å². The number of aryl methyl sites for hydroxylation is 1. The first-order valence-corrected chi connectivity index (χ1v) is 9.47. The van der Waals surface area contributed by atoms with Crippen molar-refractivity contribution >= 4 is 11.8 Å². The third-order valence-electron chi connectivity index (χ3n) is 5.80. The Kier molecular flexibility index (Phi) is 5.78. The van der Waals surface area contributed by atoms with Crippen molar-refractivity contribution in [3.63, 3.8) is 0 Å². The molecule has 1 aliphatic heterocycles. The fraction of sp³-hybridized carbons (Fsp3) is 0.684. The Hall–Kier alpha value is -1.82. The summed E-state index contributed by atoms with van der Waals surface area (Å²) in [5.41, 5.74) is 6.13. The van der Waals surface area contributed by atoms with Gasteiger partial charge in [-0.15, -0.1) is 0 Å². The van der Waals surface area contributed by atoms with Crippen molar-refractivity contribution < 1.29 is 9.59 Å². The maximum Gasteiger partial charge on any atom is 0.268 e. The largest absolute Gasteiger partial charge is 0.369 e. The normalized spacial score (nSPS) is 25.6. The standard InChI is InChI=1S/C19H30N4O2/c1-22-9-3-6-17(22)19(25)21-16-5-2-4-14(12-16)13-23-10-7-15(8-11-23)18(20)24/h3,6,9,14-16H,2,4-5,7-8,10-13H2,1H3,(H2,20,24)(H,21,25)/t14-,16-/m1/s1. The van der Waals surface area contributed by atoms with Crippen LogP contribution in [0.15, 0.2) is 18.3 Å². The number of hydrogen-bond donors (Lipinski definition) is 2. The van der Waals surface area contributed by atoms with E-state index in [1.54, 1.807) is 0 Å². The first-order chi connectivity index (χ1) is 12.0. The summed E-state index contributed by atoms with van der Waals surface area (Å²) in [4.78, 5) is 26.1. The van der Waals surface area contributed by atoms with Crippen LogP contribution >= 0.6 is 0 Å². The van der Waals surface area contributed by atoms with Crippen LogP contribution in [-0.4, -0.2) is 47.0 Å². The average molecular weight is 346 g/mol. The maximum atomic E-state index is 12.4. The lowest BCUT2D eigenvalue weighted by Crippen LogP contribution is -2.44. The summed E-state index contributed by atoms with van der Waals surface area (Å²) in [5, 5.41) is 3.21. The number of primary amides is 1. The fourth-order valence-electron chi connectivity index (χ4n) is 4.31. The Labute approximate surface area is 149 Å². The van der Waals surface area contributed by atoms with Crippen LogP contribution in [0.3, 0.4) is 0 Å². The van der Waals surface area contributed by atoms with E-state index in [4.69, 9.17) is 5.73 Å². The zero-order valence-electron chi connectivity index (χ0n) is 15.1. The number of piperidine rings is 1. The molecule has 2 heterocycles. The second-order valence-electron chi connectivity index (χ2n) is 7.68. The Morgan fingerprint density at radius 1 is 1.24 bits per heavy atom. The van der Waals surface area contributed by atoms with Crippen molar-refractivity contribution in [3.8, 4) is 0 Å². The number of hydrogen-bond acceptors (Lipinski definition) is 3. The molecule has 0 unspecified atom stereocenters. The highest BCUT2D eigenvalue weighted by Gasteiger charge is 2.28. The number of nitrogens with one attached hydrogen (secondary N) is 1. The van der Waals surface area contributed by atoms with Crippen molar-refractivity contribution in [2.75, 3.05) is 19.6 Å². The summed E-state index contributed by atoms with van der Waals surface area (Å²) in [6.45, 7) is 3.00. The molecule has 1 aromatic heterocycles. The Balaban J connectivity index is 1.46. The van der Waals surface area contributed by atoms with E-state index >= 15 is 0 Å². The van der Waals surface area contributed by atoms with Gasteiger partial charge in [-0.3, -0.25) is 9.59 Å². The van der Waals surface area contributed by atoms with Crippen molar-refractivity contribution in [2.24, 2.45) is 24.6 Å². The van der Waals surface area contributed by atoms with Crippen LogP contribution in [0.2, 0.25) is 0 Å². The van der Waals surface area contributed by atoms with Crippen LogP contribution < -0.4 is 11.1 Å². The lowest BCUT2D eigenvalue weighted by Gasteiger charge is -2.36. The van der Waals surface area contributed by atoms with E-state index in [0.717, 1.165) is 51.0 Å². The van der Waals surface area contributed by atoms with Gasteiger partial charge >= 0.3 is 0 Å². The average Bonchev–Trinajstić information content (AvgIpc) is 3.02. The minimum atomic E-state index is -0.152. The third-order valence-corrected chi connectivity index (χ3v) is 5.80. The van der Waals surface area contributed by atoms with Crippen molar-refractivity contribution in [3.05, 3.63) is 24.0 Å². The van der Waals surface area contributed by atoms with E-state index < -0.39 is 0 Å². The summed E-state index contributed by atoms with van der Waals surface area (Å²) in [6.07, 6.45) is 8.18. The molecule has 2 fully saturated rings. The minimum Gasteiger partial charge on any atom is -0.369 e. The third kappa shape index (κ3) is 4.63. The topological polar surface area (TPSA) is 80.4 Å². The summed E-state index contributed by atoms with van der Waals surface area (Å²) < 4.78 is 1.86. The lowest BCUT2D eigenvalue weighted by molar-refractivity contribution is -0.123. The van der Waals surface area contributed by atoms with Gasteiger partial charge in [-0.1, -0.05) is 6.42 Å². The van der Waals surface area contributed by atoms with Gasteiger partial charge in [0.25, 0.3) is 5.91 Å². The van der Waals surface area contributed by atoms with E-state index in [1.165, 1.54) is 12.8 Å². The number of carbonyl (C=O) groups is 2. The Morgan fingerprint density at radius 3 is 2.64 bits per heavy atom. The van der Waals surface area contributed by atoms with Gasteiger partial charge in [-0.2, -0.15) is 0 Å². The van der Waals surface area contributed by atoms with Gasteiger partial charge in [0.2, 0.25) is 5.91 Å². The number of nitrogens with two attached hydrogens (primary N) is 1. The van der Waals surface area contributed by atoms with Crippen LogP contribution in [0.5, 0.6) is 0 Å². The number of amides is 2. The zero-order chi connectivity index (χ0) is 17.8. The molecule has 0 bridgehead atoms. The summed E-state index contributed by atoms with van der Waals surface area (Å²) in [6, 6.07) is 4.02. The molecular weight excluding hydrogens is 316 g/mol. The Morgan fingerprint density at radius 2 is 2.00 bits per heavy atom. The van der Waals surface area contributed by atoms with Gasteiger partial charge in [-0.05, 0) is 63.2 Å². The predicted octanol–water partition coefficient (Wildman–Crippen LogP) is 1.51. The smallest absolute Gasteiger partial charge is 0.268 e. The van der Waals surface area contributed by atoms with Crippen LogP contribution in [-0.2, 0) is 11.8 Å². The number of nitrogens with zero attached hydrogens (tertiary/aromatic N) is 2. The SMILES string of the molecule is Cn1cccc1C(=O)N[C@@H]1CCC[C@@H](CN2CCC(C(N)=O)CC2)C1. The lowest BCUT2D eigenvalue weighted by atomic mass is 9.84. The molecule has 1 saturated carbocycles. The van der Waals surface area contributed by atoms with E-state index in [9.17, 15) is 9.59 Å². The number of aromatic nitrogens is 1. The molecule has 6 heteroatoms. The summed E-state index contributed by atoms with van der Waals surface area (Å²) >= 11 is 0. The van der Waals surface area contributed by atoms with E-state index in [0.29, 0.717) is 5.92 Å². The van der Waals surface area contributed by atoms with Gasteiger partial charge in [0.05, 0.1) is 0 Å². The molecule has 25 heavy (non-hydrogen) atoms. The second-order valence-corrected chi connectivity index (χ2v) is 7.68. The molecule has 3 rings (SSSR count). The monoisotopic (exact) mass is 346 g/mol. The number of likely N-dealkylation sites (tertiary alicyclic amines) is 1. The van der Waals surface area contributed by atoms with Gasteiger partial charge in [0.1, 0.15) is 5.69 Å². The molecule has 1 saturated heterocycles. The molecule has 1 aromatic rings. The molecule has 2 aliphatic rings. The van der Waals surface area contributed by atoms with Crippen LogP contribution in [0.25, 0.3) is 0 Å². The molecule has 0 aromatic carbocycles. The molecule has 0 spiro atoms. The summed E-state index contributed by atoms with van der Waals surface area (Å²) in [5.74, 6) is 0.554. The highest BCUT2D eigenvalue weighted by molar-refractivity contribution is 5.92. The van der Waals surface area contributed by atoms with Crippen LogP contribution in [0, 0.1) is 11.8 Å². The predicted molar refractivity (Wildman–Crippen MR) is 97.0 cm³/mol. The first-order valence-electron chi connectivity index (χ1n) is 9.47. The Bertz CT molecular complexity index is 604. The van der Waals surface area contributed by atoms with Crippen molar-refractivity contribution in [1.82, 2.24) is 14.8 Å². The van der Waals surface area contributed by atoms with Gasteiger partial charge in [0, 0.05) is 31.7 Å². The van der Waals surface area contributed by atoms with E-state index in [2.05, 4.69) is 10.2 Å². The highest BCUT2D eigenvalue weighted by Crippen LogP contribution is 2.27. The molecule has 138 valence electrons. The maximum absolute atomic E-state index is 12.4. The van der Waals surface area contributed by atoms with Gasteiger partial charge in [-0.25, -0.2) is 0 Å². The van der Waals surface area contributed by atoms with Crippen molar-refractivity contribution in [2.45, 2.75) is 44.6 Å². The zero-order valence-corrected chi connectivity index (χ0v) is 15.1. The first kappa shape index (κ1) is 18.0. The van der Waals surface area contributed by atoms with Gasteiger partial charge < -0.3 is 20.5 Å². The van der Waals surface area contributed by atoms with Crippen molar-refractivity contribution in [1.29, 1.82) is 0 Å². The molecule has 2 amide bonds. The molecule has 0 radical (unpaired) electrons. The van der Waals surface area contributed by atoms with E-state index in [-0.39, 0.29) is 23.8 Å². The number of carbonyl (C=O) groups excluding carboxylic acids is 2. The second kappa shape index (κ2) is 8.04. The van der Waals surface area contributed by atoms with Crippen LogP contribution in [0.4, 0.5) is 0 Å². The molecule has 6 nitrogen and oxygen atoms in total. The number of rotatable bonds is 5. The summed E-state index contributed by atoms with van der Waals surface area (Å²) in [7, 11) is 1.90. The van der Waals surface area contributed by atoms with Gasteiger partial charge in [0.15, 0.2) is 0 Å². The fourth-order valence-corrected chi connectivity index (χ4v) is 4.31. The molecular formula is C19H30N4O2. The highest BCUT2D eigenvalue weighted by atomic mass is 16.2. The van der Waals surface area contributed by atoms with Crippen LogP contribution in [0.1, 0.15) is 49.0 Å². The quantitative estimate of drug-likeness (QED) is 0.848. The molecule has 2 atom stereocenters.